The van der Waals surface area contributed by atoms with Crippen molar-refractivity contribution in [3.63, 3.8) is 0 Å². The van der Waals surface area contributed by atoms with Crippen LogP contribution in [-0.4, -0.2) is 26.7 Å². The van der Waals surface area contributed by atoms with Gasteiger partial charge in [0.15, 0.2) is 0 Å². The number of aromatic nitrogens is 3. The minimum absolute atomic E-state index is 0.101. The predicted molar refractivity (Wildman–Crippen MR) is 112 cm³/mol. The van der Waals surface area contributed by atoms with Crippen LogP contribution in [0.3, 0.4) is 0 Å². The van der Waals surface area contributed by atoms with Gasteiger partial charge >= 0.3 is 6.03 Å². The fourth-order valence-corrected chi connectivity index (χ4v) is 3.95. The van der Waals surface area contributed by atoms with Crippen LogP contribution in [0.4, 0.5) is 16.2 Å². The molecule has 140 valence electrons. The van der Waals surface area contributed by atoms with Crippen LogP contribution >= 0.6 is 0 Å². The molecule has 6 nitrogen and oxygen atoms in total. The Morgan fingerprint density at radius 2 is 2.00 bits per heavy atom. The maximum Gasteiger partial charge on any atom is 0.326 e. The lowest BCUT2D eigenvalue weighted by Crippen LogP contribution is -2.33. The van der Waals surface area contributed by atoms with Crippen molar-refractivity contribution in [2.75, 3.05) is 16.8 Å². The molecule has 1 aliphatic heterocycles. The van der Waals surface area contributed by atoms with Crippen molar-refractivity contribution < 1.29 is 4.79 Å². The number of rotatable bonds is 2. The van der Waals surface area contributed by atoms with E-state index in [1.807, 2.05) is 60.2 Å². The highest BCUT2D eigenvalue weighted by atomic mass is 16.2. The maximum atomic E-state index is 13.0. The number of urea groups is 1. The second kappa shape index (κ2) is 6.27. The molecule has 0 unspecified atom stereocenters. The van der Waals surface area contributed by atoms with Crippen LogP contribution in [0.25, 0.3) is 22.2 Å². The molecule has 3 heterocycles. The molecule has 0 aliphatic carbocycles. The third kappa shape index (κ3) is 2.65. The van der Waals surface area contributed by atoms with E-state index in [0.717, 1.165) is 34.4 Å². The molecular formula is C22H21N5O. The van der Waals surface area contributed by atoms with Gasteiger partial charge in [0.25, 0.3) is 0 Å². The van der Waals surface area contributed by atoms with E-state index in [4.69, 9.17) is 0 Å². The van der Waals surface area contributed by atoms with Gasteiger partial charge in [0, 0.05) is 54.7 Å². The average Bonchev–Trinajstić information content (AvgIpc) is 3.39. The standard InChI is InChI=1S/C22H21N5O/c1-25-8-6-16-12-20-17(11-19(16)25)7-9-27(20)22(28)24-18-5-3-4-15(10-18)21-13-23-14-26(21)2/h3-6,8,10-14H,7,9H2,1-2H3,(H,24,28). The Morgan fingerprint density at radius 3 is 2.82 bits per heavy atom. The van der Waals surface area contributed by atoms with E-state index in [1.165, 1.54) is 11.1 Å². The molecule has 2 amide bonds. The summed E-state index contributed by atoms with van der Waals surface area (Å²) in [4.78, 5) is 19.0. The van der Waals surface area contributed by atoms with Gasteiger partial charge < -0.3 is 14.5 Å². The topological polar surface area (TPSA) is 55.1 Å². The number of hydrogen-bond donors (Lipinski definition) is 1. The van der Waals surface area contributed by atoms with E-state index in [2.05, 4.69) is 33.1 Å². The molecule has 2 aromatic heterocycles. The van der Waals surface area contributed by atoms with Gasteiger partial charge in [0.2, 0.25) is 0 Å². The Bertz CT molecular complexity index is 1200. The lowest BCUT2D eigenvalue weighted by Gasteiger charge is -2.19. The fraction of sp³-hybridized carbons (Fsp3) is 0.182. The summed E-state index contributed by atoms with van der Waals surface area (Å²) in [6, 6.07) is 14.1. The zero-order chi connectivity index (χ0) is 19.3. The molecule has 0 fully saturated rings. The molecule has 2 aromatic carbocycles. The van der Waals surface area contributed by atoms with Gasteiger partial charge in [-0.05, 0) is 42.3 Å². The normalized spacial score (nSPS) is 13.1. The number of carbonyl (C=O) groups is 1. The summed E-state index contributed by atoms with van der Waals surface area (Å²) in [5.74, 6) is 0. The summed E-state index contributed by atoms with van der Waals surface area (Å²) >= 11 is 0. The quantitative estimate of drug-likeness (QED) is 0.575. The Balaban J connectivity index is 1.42. The van der Waals surface area contributed by atoms with Crippen LogP contribution in [0.15, 0.2) is 61.2 Å². The van der Waals surface area contributed by atoms with Gasteiger partial charge in [0.1, 0.15) is 0 Å². The minimum atomic E-state index is -0.101. The van der Waals surface area contributed by atoms with Crippen molar-refractivity contribution in [1.29, 1.82) is 0 Å². The van der Waals surface area contributed by atoms with Crippen LogP contribution in [0, 0.1) is 0 Å². The second-order valence-corrected chi connectivity index (χ2v) is 7.27. The zero-order valence-electron chi connectivity index (χ0n) is 15.9. The number of imidazole rings is 1. The van der Waals surface area contributed by atoms with Gasteiger partial charge in [-0.3, -0.25) is 4.90 Å². The number of carbonyl (C=O) groups excluding carboxylic acids is 1. The number of anilines is 2. The summed E-state index contributed by atoms with van der Waals surface area (Å²) in [5, 5.41) is 4.20. The van der Waals surface area contributed by atoms with Crippen LogP contribution in [0.1, 0.15) is 5.56 Å². The number of nitrogens with one attached hydrogen (secondary N) is 1. The predicted octanol–water partition coefficient (Wildman–Crippen LogP) is 4.17. The van der Waals surface area contributed by atoms with E-state index in [9.17, 15) is 4.79 Å². The molecule has 0 bridgehead atoms. The first kappa shape index (κ1) is 16.6. The zero-order valence-corrected chi connectivity index (χ0v) is 15.9. The summed E-state index contributed by atoms with van der Waals surface area (Å²) in [6.45, 7) is 0.693. The summed E-state index contributed by atoms with van der Waals surface area (Å²) < 4.78 is 4.07. The van der Waals surface area contributed by atoms with Crippen LogP contribution < -0.4 is 10.2 Å². The first-order chi connectivity index (χ1) is 13.6. The Hall–Kier alpha value is -3.54. The summed E-state index contributed by atoms with van der Waals surface area (Å²) in [7, 11) is 4.00. The third-order valence-corrected chi connectivity index (χ3v) is 5.45. The molecule has 0 saturated carbocycles. The highest BCUT2D eigenvalue weighted by Gasteiger charge is 2.25. The summed E-state index contributed by atoms with van der Waals surface area (Å²) in [5.41, 5.74) is 6.22. The number of aryl methyl sites for hydroxylation is 2. The highest BCUT2D eigenvalue weighted by Crippen LogP contribution is 2.33. The van der Waals surface area contributed by atoms with Gasteiger partial charge in [-0.25, -0.2) is 9.78 Å². The van der Waals surface area contributed by atoms with Crippen molar-refractivity contribution in [2.45, 2.75) is 6.42 Å². The van der Waals surface area contributed by atoms with Gasteiger partial charge in [0.05, 0.1) is 18.2 Å². The van der Waals surface area contributed by atoms with E-state index >= 15 is 0 Å². The molecule has 5 rings (SSSR count). The Labute approximate surface area is 163 Å². The molecule has 0 radical (unpaired) electrons. The van der Waals surface area contributed by atoms with Crippen molar-refractivity contribution >= 4 is 28.3 Å². The molecule has 28 heavy (non-hydrogen) atoms. The molecule has 0 spiro atoms. The number of nitrogens with zero attached hydrogens (tertiary/aromatic N) is 4. The van der Waals surface area contributed by atoms with E-state index in [1.54, 1.807) is 6.33 Å². The van der Waals surface area contributed by atoms with Crippen LogP contribution in [-0.2, 0) is 20.5 Å². The average molecular weight is 371 g/mol. The van der Waals surface area contributed by atoms with Crippen molar-refractivity contribution in [3.05, 3.63) is 66.7 Å². The third-order valence-electron chi connectivity index (χ3n) is 5.45. The molecule has 0 saturated heterocycles. The van der Waals surface area contributed by atoms with E-state index < -0.39 is 0 Å². The second-order valence-electron chi connectivity index (χ2n) is 7.27. The van der Waals surface area contributed by atoms with E-state index in [0.29, 0.717) is 6.54 Å². The first-order valence-corrected chi connectivity index (χ1v) is 9.33. The van der Waals surface area contributed by atoms with Gasteiger partial charge in [-0.1, -0.05) is 12.1 Å². The largest absolute Gasteiger partial charge is 0.351 e. The van der Waals surface area contributed by atoms with Gasteiger partial charge in [-0.15, -0.1) is 0 Å². The van der Waals surface area contributed by atoms with Crippen molar-refractivity contribution in [2.24, 2.45) is 14.1 Å². The Morgan fingerprint density at radius 1 is 1.11 bits per heavy atom. The number of hydrogen-bond acceptors (Lipinski definition) is 2. The lowest BCUT2D eigenvalue weighted by molar-refractivity contribution is 0.257. The van der Waals surface area contributed by atoms with Crippen LogP contribution in [0.5, 0.6) is 0 Å². The van der Waals surface area contributed by atoms with Gasteiger partial charge in [-0.2, -0.15) is 0 Å². The smallest absolute Gasteiger partial charge is 0.326 e. The fourth-order valence-electron chi connectivity index (χ4n) is 3.95. The first-order valence-electron chi connectivity index (χ1n) is 9.33. The van der Waals surface area contributed by atoms with E-state index in [-0.39, 0.29) is 6.03 Å². The maximum absolute atomic E-state index is 13.0. The number of fused-ring (bicyclic) bond motifs is 2. The Kier molecular flexibility index (Phi) is 3.72. The molecule has 4 aromatic rings. The molecule has 0 atom stereocenters. The SMILES string of the molecule is Cn1cncc1-c1cccc(NC(=O)N2CCc3cc4c(ccn4C)cc32)c1. The minimum Gasteiger partial charge on any atom is -0.351 e. The van der Waals surface area contributed by atoms with Crippen LogP contribution in [0.2, 0.25) is 0 Å². The monoisotopic (exact) mass is 371 g/mol. The number of benzene rings is 2. The summed E-state index contributed by atoms with van der Waals surface area (Å²) in [6.07, 6.45) is 6.52. The van der Waals surface area contributed by atoms with Crippen molar-refractivity contribution in [3.8, 4) is 11.3 Å². The lowest BCUT2D eigenvalue weighted by atomic mass is 10.1. The molecule has 1 N–H and O–H groups in total. The highest BCUT2D eigenvalue weighted by molar-refractivity contribution is 6.05. The molecular weight excluding hydrogens is 350 g/mol. The molecule has 6 heteroatoms. The van der Waals surface area contributed by atoms with Crippen molar-refractivity contribution in [1.82, 2.24) is 14.1 Å². The molecule has 1 aliphatic rings. The number of amides is 2.